The predicted molar refractivity (Wildman–Crippen MR) is 121 cm³/mol. The highest BCUT2D eigenvalue weighted by atomic mass is 127. The Morgan fingerprint density at radius 1 is 1.26 bits per heavy atom. The van der Waals surface area contributed by atoms with Gasteiger partial charge in [0.05, 0.1) is 6.54 Å². The van der Waals surface area contributed by atoms with Crippen molar-refractivity contribution >= 4 is 40.7 Å². The number of guanidine groups is 1. The number of fused-ring (bicyclic) bond motifs is 1. The van der Waals surface area contributed by atoms with Crippen molar-refractivity contribution in [1.29, 1.82) is 0 Å². The average molecular weight is 508 g/mol. The van der Waals surface area contributed by atoms with Gasteiger partial charge in [0.25, 0.3) is 0 Å². The maximum Gasteiger partial charge on any atom is 0.191 e. The minimum Gasteiger partial charge on any atom is -0.354 e. The Hall–Kier alpha value is -0.710. The Morgan fingerprint density at radius 3 is 2.89 bits per heavy atom. The van der Waals surface area contributed by atoms with Crippen LogP contribution in [-0.4, -0.2) is 49.0 Å². The molecule has 0 saturated heterocycles. The number of nitrogens with one attached hydrogen (secondary N) is 2. The second kappa shape index (κ2) is 11.3. The molecule has 0 spiro atoms. The summed E-state index contributed by atoms with van der Waals surface area (Å²) in [6, 6.07) is 0.339. The first-order valence-corrected chi connectivity index (χ1v) is 11.3. The Morgan fingerprint density at radius 2 is 2.11 bits per heavy atom. The van der Waals surface area contributed by atoms with Crippen molar-refractivity contribution in [3.8, 4) is 0 Å². The fourth-order valence-corrected chi connectivity index (χ4v) is 5.33. The molecule has 3 rings (SSSR count). The molecule has 2 aliphatic rings. The van der Waals surface area contributed by atoms with Crippen molar-refractivity contribution in [3.63, 3.8) is 0 Å². The van der Waals surface area contributed by atoms with E-state index in [1.54, 1.807) is 7.05 Å². The van der Waals surface area contributed by atoms with Crippen LogP contribution in [0.1, 0.15) is 63.5 Å². The molecule has 1 saturated carbocycles. The van der Waals surface area contributed by atoms with Gasteiger partial charge in [-0.25, -0.2) is 0 Å². The van der Waals surface area contributed by atoms with Crippen LogP contribution in [0.15, 0.2) is 4.99 Å². The van der Waals surface area contributed by atoms with Crippen LogP contribution in [-0.2, 0) is 30.3 Å². The first-order valence-electron chi connectivity index (χ1n) is 9.96. The molecule has 9 heteroatoms. The van der Waals surface area contributed by atoms with Gasteiger partial charge in [0, 0.05) is 47.9 Å². The molecular formula is C18H33IN6OS. The molecule has 0 radical (unpaired) electrons. The third kappa shape index (κ3) is 6.13. The topological polar surface area (TPSA) is 84.2 Å². The van der Waals surface area contributed by atoms with Gasteiger partial charge in [-0.2, -0.15) is 0 Å². The number of aryl methyl sites for hydroxylation is 1. The average Bonchev–Trinajstić information content (AvgIpc) is 2.90. The number of halogens is 1. The molecule has 0 bridgehead atoms. The summed E-state index contributed by atoms with van der Waals surface area (Å²) in [6.45, 7) is 3.65. The zero-order chi connectivity index (χ0) is 18.4. The zero-order valence-corrected chi connectivity index (χ0v) is 19.6. The van der Waals surface area contributed by atoms with Crippen molar-refractivity contribution in [2.45, 2.75) is 82.7 Å². The fraction of sp³-hybridized carbons (Fsp3) is 0.833. The number of rotatable bonds is 5. The Labute approximate surface area is 182 Å². The Balaban J connectivity index is 0.00000261. The first-order chi connectivity index (χ1) is 12.7. The highest BCUT2D eigenvalue weighted by molar-refractivity contribution is 14.0. The predicted octanol–water partition coefficient (Wildman–Crippen LogP) is 2.37. The van der Waals surface area contributed by atoms with Crippen molar-refractivity contribution in [2.75, 3.05) is 12.8 Å². The van der Waals surface area contributed by atoms with Crippen LogP contribution in [0.5, 0.6) is 0 Å². The van der Waals surface area contributed by atoms with E-state index in [4.69, 9.17) is 0 Å². The SMILES string of the molecule is CCS(=O)C1CCCC(NC(=NC)NCc2nnc3n2CCCCC3)C1.I. The van der Waals surface area contributed by atoms with Crippen molar-refractivity contribution in [3.05, 3.63) is 11.6 Å². The lowest BCUT2D eigenvalue weighted by Crippen LogP contribution is -2.46. The molecule has 1 fully saturated rings. The molecule has 3 unspecified atom stereocenters. The molecule has 0 aromatic carbocycles. The second-order valence-corrected chi connectivity index (χ2v) is 9.23. The largest absolute Gasteiger partial charge is 0.354 e. The van der Waals surface area contributed by atoms with E-state index in [0.29, 0.717) is 17.8 Å². The summed E-state index contributed by atoms with van der Waals surface area (Å²) in [6.07, 6.45) is 8.97. The molecule has 0 amide bonds. The van der Waals surface area contributed by atoms with Gasteiger partial charge in [-0.15, -0.1) is 34.2 Å². The molecule has 2 N–H and O–H groups in total. The van der Waals surface area contributed by atoms with E-state index < -0.39 is 10.8 Å². The lowest BCUT2D eigenvalue weighted by atomic mass is 9.95. The van der Waals surface area contributed by atoms with Crippen molar-refractivity contribution in [1.82, 2.24) is 25.4 Å². The van der Waals surface area contributed by atoms with Crippen LogP contribution in [0, 0.1) is 0 Å². The van der Waals surface area contributed by atoms with E-state index in [1.165, 1.54) is 19.3 Å². The molecule has 154 valence electrons. The number of nitrogens with zero attached hydrogens (tertiary/aromatic N) is 4. The Kier molecular flexibility index (Phi) is 9.47. The normalized spacial score (nSPS) is 24.3. The molecule has 1 aromatic heterocycles. The highest BCUT2D eigenvalue weighted by Gasteiger charge is 2.26. The van der Waals surface area contributed by atoms with Crippen molar-refractivity contribution in [2.24, 2.45) is 4.99 Å². The summed E-state index contributed by atoms with van der Waals surface area (Å²) in [4.78, 5) is 4.36. The summed E-state index contributed by atoms with van der Waals surface area (Å²) >= 11 is 0. The van der Waals surface area contributed by atoms with Gasteiger partial charge in [0.1, 0.15) is 5.82 Å². The maximum atomic E-state index is 12.1. The van der Waals surface area contributed by atoms with E-state index >= 15 is 0 Å². The van der Waals surface area contributed by atoms with Crippen LogP contribution >= 0.6 is 24.0 Å². The van der Waals surface area contributed by atoms with Crippen LogP contribution in [0.3, 0.4) is 0 Å². The minimum atomic E-state index is -0.704. The first kappa shape index (κ1) is 22.6. The maximum absolute atomic E-state index is 12.1. The van der Waals surface area contributed by atoms with E-state index in [1.807, 2.05) is 6.92 Å². The molecular weight excluding hydrogens is 475 g/mol. The van der Waals surface area contributed by atoms with E-state index in [2.05, 4.69) is 30.4 Å². The summed E-state index contributed by atoms with van der Waals surface area (Å²) < 4.78 is 14.4. The van der Waals surface area contributed by atoms with Crippen LogP contribution in [0.4, 0.5) is 0 Å². The number of hydrogen-bond acceptors (Lipinski definition) is 4. The van der Waals surface area contributed by atoms with E-state index in [9.17, 15) is 4.21 Å². The van der Waals surface area contributed by atoms with Gasteiger partial charge in [0.15, 0.2) is 11.8 Å². The third-order valence-corrected chi connectivity index (χ3v) is 7.19. The number of aromatic nitrogens is 3. The molecule has 3 atom stereocenters. The highest BCUT2D eigenvalue weighted by Crippen LogP contribution is 2.23. The van der Waals surface area contributed by atoms with Gasteiger partial charge in [-0.05, 0) is 32.1 Å². The number of hydrogen-bond donors (Lipinski definition) is 2. The quantitative estimate of drug-likeness (QED) is 0.363. The molecule has 1 aromatic rings. The summed E-state index contributed by atoms with van der Waals surface area (Å²) in [5, 5.41) is 15.9. The lowest BCUT2D eigenvalue weighted by Gasteiger charge is -2.30. The summed E-state index contributed by atoms with van der Waals surface area (Å²) in [7, 11) is 1.09. The fourth-order valence-electron chi connectivity index (χ4n) is 3.98. The lowest BCUT2D eigenvalue weighted by molar-refractivity contribution is 0.413. The third-order valence-electron chi connectivity index (χ3n) is 5.45. The van der Waals surface area contributed by atoms with Gasteiger partial charge in [0.2, 0.25) is 0 Å². The minimum absolute atomic E-state index is 0. The zero-order valence-electron chi connectivity index (χ0n) is 16.4. The molecule has 27 heavy (non-hydrogen) atoms. The van der Waals surface area contributed by atoms with Crippen LogP contribution < -0.4 is 10.6 Å². The number of aliphatic imine (C=N–C) groups is 1. The van der Waals surface area contributed by atoms with Crippen LogP contribution in [0.25, 0.3) is 0 Å². The van der Waals surface area contributed by atoms with Crippen molar-refractivity contribution < 1.29 is 4.21 Å². The monoisotopic (exact) mass is 508 g/mol. The Bertz CT molecular complexity index is 650. The summed E-state index contributed by atoms with van der Waals surface area (Å²) in [5.74, 6) is 3.64. The van der Waals surface area contributed by atoms with E-state index in [-0.39, 0.29) is 24.0 Å². The summed E-state index contributed by atoms with van der Waals surface area (Å²) in [5.41, 5.74) is 0. The second-order valence-electron chi connectivity index (χ2n) is 7.22. The standard InChI is InChI=1S/C18H32N6OS.HI/c1-3-26(25)15-9-7-8-14(12-15)21-18(19-2)20-13-17-23-22-16-10-5-4-6-11-24(16)17;/h14-15H,3-13H2,1-2H3,(H2,19,20,21);1H. The van der Waals surface area contributed by atoms with Gasteiger partial charge >= 0.3 is 0 Å². The van der Waals surface area contributed by atoms with E-state index in [0.717, 1.165) is 62.0 Å². The van der Waals surface area contributed by atoms with Crippen LogP contribution in [0.2, 0.25) is 0 Å². The molecule has 7 nitrogen and oxygen atoms in total. The van der Waals surface area contributed by atoms with Gasteiger partial charge in [-0.1, -0.05) is 19.8 Å². The molecule has 1 aliphatic carbocycles. The molecule has 2 heterocycles. The van der Waals surface area contributed by atoms with Gasteiger partial charge in [-0.3, -0.25) is 9.20 Å². The van der Waals surface area contributed by atoms with Gasteiger partial charge < -0.3 is 15.2 Å². The smallest absolute Gasteiger partial charge is 0.191 e. The molecule has 1 aliphatic heterocycles.